The predicted octanol–water partition coefficient (Wildman–Crippen LogP) is 4.22. The molecule has 2 saturated heterocycles. The minimum atomic E-state index is 0.258. The molecule has 2 aromatic rings. The number of piperidine rings is 1. The standard InChI is InChI=1S/C24H29ClN4O/c1-17-7-10-27-24(23(17)14-26)28-11-8-21(9-12-28)29-15-18(2)30-16-22(29)13-19-3-5-20(25)6-4-19/h3-7,10,18,21-22H,8-9,11-13,15-16H2,1-2H3/t18-,22-/m0/s1. The van der Waals surface area contributed by atoms with Crippen molar-refractivity contribution in [3.63, 3.8) is 0 Å². The summed E-state index contributed by atoms with van der Waals surface area (Å²) in [6.07, 6.45) is 5.19. The molecule has 0 unspecified atom stereocenters. The van der Waals surface area contributed by atoms with Gasteiger partial charge in [0.05, 0.1) is 18.3 Å². The zero-order chi connectivity index (χ0) is 21.1. The van der Waals surface area contributed by atoms with Crippen molar-refractivity contribution in [2.45, 2.75) is 51.3 Å². The first-order valence-corrected chi connectivity index (χ1v) is 11.2. The molecule has 0 bridgehead atoms. The number of anilines is 1. The molecule has 2 fully saturated rings. The molecule has 2 aliphatic heterocycles. The average molecular weight is 425 g/mol. The molecule has 1 aromatic heterocycles. The number of pyridine rings is 1. The third kappa shape index (κ3) is 4.62. The smallest absolute Gasteiger partial charge is 0.146 e. The van der Waals surface area contributed by atoms with Crippen LogP contribution in [0.1, 0.15) is 36.5 Å². The molecule has 0 saturated carbocycles. The maximum absolute atomic E-state index is 9.56. The zero-order valence-corrected chi connectivity index (χ0v) is 18.5. The van der Waals surface area contributed by atoms with Crippen LogP contribution in [-0.4, -0.2) is 54.3 Å². The predicted molar refractivity (Wildman–Crippen MR) is 120 cm³/mol. The Kier molecular flexibility index (Phi) is 6.58. The molecule has 3 heterocycles. The van der Waals surface area contributed by atoms with Gasteiger partial charge in [0.2, 0.25) is 0 Å². The molecular weight excluding hydrogens is 396 g/mol. The van der Waals surface area contributed by atoms with Crippen molar-refractivity contribution in [2.75, 3.05) is 31.1 Å². The van der Waals surface area contributed by atoms with Crippen LogP contribution in [0.2, 0.25) is 5.02 Å². The third-order valence-corrected chi connectivity index (χ3v) is 6.63. The number of hydrogen-bond donors (Lipinski definition) is 0. The van der Waals surface area contributed by atoms with Crippen molar-refractivity contribution < 1.29 is 4.74 Å². The summed E-state index contributed by atoms with van der Waals surface area (Å²) in [4.78, 5) is 9.46. The summed E-state index contributed by atoms with van der Waals surface area (Å²) in [6.45, 7) is 7.73. The monoisotopic (exact) mass is 424 g/mol. The van der Waals surface area contributed by atoms with E-state index in [-0.39, 0.29) is 6.10 Å². The van der Waals surface area contributed by atoms with Crippen molar-refractivity contribution >= 4 is 17.4 Å². The average Bonchev–Trinajstić information content (AvgIpc) is 2.76. The van der Waals surface area contributed by atoms with Gasteiger partial charge in [-0.2, -0.15) is 5.26 Å². The van der Waals surface area contributed by atoms with E-state index in [1.165, 1.54) is 5.56 Å². The second-order valence-electron chi connectivity index (χ2n) is 8.48. The Hall–Kier alpha value is -2.13. The van der Waals surface area contributed by atoms with E-state index < -0.39 is 0 Å². The zero-order valence-electron chi connectivity index (χ0n) is 17.7. The molecule has 0 aliphatic carbocycles. The highest BCUT2D eigenvalue weighted by Gasteiger charge is 2.34. The number of morpholine rings is 1. The number of aryl methyl sites for hydroxylation is 1. The number of rotatable bonds is 4. The lowest BCUT2D eigenvalue weighted by molar-refractivity contribution is -0.0745. The van der Waals surface area contributed by atoms with Crippen LogP contribution in [0.5, 0.6) is 0 Å². The van der Waals surface area contributed by atoms with Gasteiger partial charge < -0.3 is 9.64 Å². The van der Waals surface area contributed by atoms with Gasteiger partial charge in [0.25, 0.3) is 0 Å². The second-order valence-corrected chi connectivity index (χ2v) is 8.92. The van der Waals surface area contributed by atoms with Crippen LogP contribution in [0.3, 0.4) is 0 Å². The fourth-order valence-corrected chi connectivity index (χ4v) is 4.84. The quantitative estimate of drug-likeness (QED) is 0.735. The van der Waals surface area contributed by atoms with E-state index in [0.29, 0.717) is 17.6 Å². The van der Waals surface area contributed by atoms with Gasteiger partial charge in [-0.25, -0.2) is 4.98 Å². The molecule has 158 valence electrons. The van der Waals surface area contributed by atoms with Crippen LogP contribution < -0.4 is 4.90 Å². The summed E-state index contributed by atoms with van der Waals surface area (Å²) in [5.74, 6) is 0.837. The molecule has 0 spiro atoms. The van der Waals surface area contributed by atoms with Gasteiger partial charge in [-0.3, -0.25) is 4.90 Å². The van der Waals surface area contributed by atoms with Crippen molar-refractivity contribution in [1.82, 2.24) is 9.88 Å². The number of nitrogens with zero attached hydrogens (tertiary/aromatic N) is 4. The van der Waals surface area contributed by atoms with Crippen molar-refractivity contribution in [3.05, 3.63) is 58.2 Å². The van der Waals surface area contributed by atoms with E-state index >= 15 is 0 Å². The molecule has 2 aliphatic rings. The molecule has 0 N–H and O–H groups in total. The van der Waals surface area contributed by atoms with Crippen LogP contribution in [0, 0.1) is 18.3 Å². The van der Waals surface area contributed by atoms with Gasteiger partial charge in [-0.05, 0) is 62.4 Å². The molecule has 2 atom stereocenters. The van der Waals surface area contributed by atoms with Gasteiger partial charge in [0.1, 0.15) is 11.9 Å². The summed E-state index contributed by atoms with van der Waals surface area (Å²) in [7, 11) is 0. The highest BCUT2D eigenvalue weighted by atomic mass is 35.5. The van der Waals surface area contributed by atoms with Crippen molar-refractivity contribution in [2.24, 2.45) is 0 Å². The number of benzene rings is 1. The normalized spacial score (nSPS) is 23.3. The van der Waals surface area contributed by atoms with Crippen LogP contribution in [-0.2, 0) is 11.2 Å². The van der Waals surface area contributed by atoms with Gasteiger partial charge in [-0.15, -0.1) is 0 Å². The number of ether oxygens (including phenoxy) is 1. The van der Waals surface area contributed by atoms with E-state index in [1.807, 2.05) is 31.3 Å². The molecular formula is C24H29ClN4O. The Balaban J connectivity index is 1.44. The molecule has 4 rings (SSSR count). The molecule has 30 heavy (non-hydrogen) atoms. The van der Waals surface area contributed by atoms with Crippen LogP contribution in [0.15, 0.2) is 36.5 Å². The lowest BCUT2D eigenvalue weighted by Gasteiger charge is -2.46. The topological polar surface area (TPSA) is 52.4 Å². The lowest BCUT2D eigenvalue weighted by atomic mass is 9.96. The van der Waals surface area contributed by atoms with Gasteiger partial charge >= 0.3 is 0 Å². The third-order valence-electron chi connectivity index (χ3n) is 6.38. The Labute approximate surface area is 184 Å². The van der Waals surface area contributed by atoms with Gasteiger partial charge in [0, 0.05) is 42.9 Å². The van der Waals surface area contributed by atoms with Crippen LogP contribution in [0.25, 0.3) is 0 Å². The minimum Gasteiger partial charge on any atom is -0.376 e. The first-order valence-electron chi connectivity index (χ1n) is 10.8. The lowest BCUT2D eigenvalue weighted by Crippen LogP contribution is -2.56. The number of halogens is 1. The van der Waals surface area contributed by atoms with Crippen molar-refractivity contribution in [1.29, 1.82) is 5.26 Å². The first kappa shape index (κ1) is 21.1. The van der Waals surface area contributed by atoms with Gasteiger partial charge in [0.15, 0.2) is 0 Å². The van der Waals surface area contributed by atoms with E-state index in [2.05, 4.69) is 39.9 Å². The van der Waals surface area contributed by atoms with Gasteiger partial charge in [-0.1, -0.05) is 23.7 Å². The van der Waals surface area contributed by atoms with E-state index in [9.17, 15) is 5.26 Å². The molecule has 6 heteroatoms. The van der Waals surface area contributed by atoms with E-state index in [1.54, 1.807) is 0 Å². The summed E-state index contributed by atoms with van der Waals surface area (Å²) in [5.41, 5.74) is 3.00. The Morgan fingerprint density at radius 1 is 1.20 bits per heavy atom. The van der Waals surface area contributed by atoms with Crippen molar-refractivity contribution in [3.8, 4) is 6.07 Å². The van der Waals surface area contributed by atoms with Crippen LogP contribution in [0.4, 0.5) is 5.82 Å². The molecule has 0 amide bonds. The Morgan fingerprint density at radius 3 is 2.63 bits per heavy atom. The first-order chi connectivity index (χ1) is 14.5. The fraction of sp³-hybridized carbons (Fsp3) is 0.500. The van der Waals surface area contributed by atoms with E-state index in [0.717, 1.165) is 61.9 Å². The highest BCUT2D eigenvalue weighted by molar-refractivity contribution is 6.30. The maximum atomic E-state index is 9.56. The summed E-state index contributed by atoms with van der Waals surface area (Å²) in [6, 6.07) is 13.3. The Bertz CT molecular complexity index is 902. The summed E-state index contributed by atoms with van der Waals surface area (Å²) >= 11 is 6.05. The Morgan fingerprint density at radius 2 is 1.93 bits per heavy atom. The van der Waals surface area contributed by atoms with E-state index in [4.69, 9.17) is 16.3 Å². The highest BCUT2D eigenvalue weighted by Crippen LogP contribution is 2.28. The SMILES string of the molecule is Cc1ccnc(N2CCC(N3C[C@H](C)OC[C@@H]3Cc3ccc(Cl)cc3)CC2)c1C#N. The van der Waals surface area contributed by atoms with Crippen LogP contribution >= 0.6 is 11.6 Å². The second kappa shape index (κ2) is 9.34. The minimum absolute atomic E-state index is 0.258. The fourth-order valence-electron chi connectivity index (χ4n) is 4.72. The maximum Gasteiger partial charge on any atom is 0.146 e. The molecule has 5 nitrogen and oxygen atoms in total. The largest absolute Gasteiger partial charge is 0.376 e. The summed E-state index contributed by atoms with van der Waals surface area (Å²) in [5, 5.41) is 10.3. The molecule has 0 radical (unpaired) electrons. The molecule has 1 aromatic carbocycles. The summed E-state index contributed by atoms with van der Waals surface area (Å²) < 4.78 is 6.02. The number of nitriles is 1. The number of hydrogen-bond acceptors (Lipinski definition) is 5. The number of aromatic nitrogens is 1.